The molecule has 35 heavy (non-hydrogen) atoms. The van der Waals surface area contributed by atoms with Crippen LogP contribution in [0.4, 0.5) is 17.3 Å². The molecule has 1 saturated carbocycles. The van der Waals surface area contributed by atoms with E-state index in [1.54, 1.807) is 23.1 Å². The van der Waals surface area contributed by atoms with Gasteiger partial charge in [-0.1, -0.05) is 6.07 Å². The van der Waals surface area contributed by atoms with Crippen molar-refractivity contribution in [2.24, 2.45) is 0 Å². The fraction of sp³-hybridized carbons (Fsp3) is 0.280. The summed E-state index contributed by atoms with van der Waals surface area (Å²) in [4.78, 5) is 19.8. The third-order valence-corrected chi connectivity index (χ3v) is 7.05. The van der Waals surface area contributed by atoms with Gasteiger partial charge in [0.2, 0.25) is 5.95 Å². The number of hydrogen-bond acceptors (Lipinski definition) is 9. The monoisotopic (exact) mass is 464 g/mol. The number of aromatic nitrogens is 6. The molecule has 1 aromatic carbocycles. The molecule has 3 aromatic heterocycles. The molecule has 0 bridgehead atoms. The number of nitriles is 1. The van der Waals surface area contributed by atoms with Crippen molar-refractivity contribution in [2.45, 2.75) is 44.8 Å². The van der Waals surface area contributed by atoms with Crippen LogP contribution in [-0.4, -0.2) is 35.3 Å². The lowest BCUT2D eigenvalue weighted by atomic mass is 9.76. The molecular formula is C25H24N10. The van der Waals surface area contributed by atoms with Crippen molar-refractivity contribution in [1.82, 2.24) is 29.7 Å². The summed E-state index contributed by atoms with van der Waals surface area (Å²) in [6.45, 7) is 4.19. The molecule has 10 nitrogen and oxygen atoms in total. The van der Waals surface area contributed by atoms with Crippen LogP contribution in [0.25, 0.3) is 16.8 Å². The van der Waals surface area contributed by atoms with Gasteiger partial charge >= 0.3 is 0 Å². The fourth-order valence-electron chi connectivity index (χ4n) is 5.05. The highest BCUT2D eigenvalue weighted by Crippen LogP contribution is 2.52. The van der Waals surface area contributed by atoms with Crippen molar-refractivity contribution in [3.05, 3.63) is 66.3 Å². The Bertz CT molecular complexity index is 1460. The molecule has 0 spiro atoms. The van der Waals surface area contributed by atoms with E-state index in [4.69, 9.17) is 10.7 Å². The summed E-state index contributed by atoms with van der Waals surface area (Å²) in [7, 11) is 0. The normalized spacial score (nSPS) is 17.9. The Kier molecular flexibility index (Phi) is 4.67. The number of nitrogens with two attached hydrogens (primary N) is 1. The first-order chi connectivity index (χ1) is 17.0. The molecule has 3 N–H and O–H groups in total. The predicted molar refractivity (Wildman–Crippen MR) is 132 cm³/mol. The predicted octanol–water partition coefficient (Wildman–Crippen LogP) is 3.75. The number of pyridine rings is 1. The Hall–Kier alpha value is -4.52. The number of anilines is 3. The minimum atomic E-state index is -0.278. The molecule has 1 unspecified atom stereocenters. The molecule has 4 heterocycles. The van der Waals surface area contributed by atoms with Gasteiger partial charge in [0.15, 0.2) is 0 Å². The van der Waals surface area contributed by atoms with Crippen LogP contribution in [0.15, 0.2) is 49.1 Å². The second-order valence-corrected chi connectivity index (χ2v) is 9.26. The second kappa shape index (κ2) is 7.77. The van der Waals surface area contributed by atoms with Crippen LogP contribution in [0, 0.1) is 18.3 Å². The SMILES string of the molecule is Cc1ncnn1-c1ccc(C#N)nc1C1Nc2cc(-c3cnc(N)nc3)ccc2N1C1(C)CCC1. The number of nitrogens with zero attached hydrogens (tertiary/aromatic N) is 8. The van der Waals surface area contributed by atoms with Crippen molar-refractivity contribution in [3.8, 4) is 22.9 Å². The Morgan fingerprint density at radius 2 is 1.86 bits per heavy atom. The summed E-state index contributed by atoms with van der Waals surface area (Å²) in [6, 6.07) is 12.1. The molecule has 0 amide bonds. The largest absolute Gasteiger partial charge is 0.368 e. The highest BCUT2D eigenvalue weighted by atomic mass is 15.4. The molecule has 1 fully saturated rings. The topological polar surface area (TPSA) is 134 Å². The van der Waals surface area contributed by atoms with Crippen molar-refractivity contribution in [2.75, 3.05) is 16.0 Å². The van der Waals surface area contributed by atoms with E-state index < -0.39 is 0 Å². The summed E-state index contributed by atoms with van der Waals surface area (Å²) in [6.07, 6.45) is 8.04. The van der Waals surface area contributed by atoms with Crippen LogP contribution >= 0.6 is 0 Å². The first-order valence-corrected chi connectivity index (χ1v) is 11.5. The lowest BCUT2D eigenvalue weighted by molar-refractivity contribution is 0.242. The lowest BCUT2D eigenvalue weighted by Gasteiger charge is -2.49. The number of rotatable bonds is 4. The first kappa shape index (κ1) is 21.0. The summed E-state index contributed by atoms with van der Waals surface area (Å²) in [5.74, 6) is 0.997. The molecule has 1 atom stereocenters. The van der Waals surface area contributed by atoms with Gasteiger partial charge in [0.05, 0.1) is 17.1 Å². The van der Waals surface area contributed by atoms with Gasteiger partial charge in [-0.05, 0) is 62.9 Å². The van der Waals surface area contributed by atoms with Gasteiger partial charge in [-0.3, -0.25) is 0 Å². The van der Waals surface area contributed by atoms with Gasteiger partial charge in [0.25, 0.3) is 0 Å². The Balaban J connectivity index is 1.50. The number of benzene rings is 1. The smallest absolute Gasteiger partial charge is 0.219 e. The van der Waals surface area contributed by atoms with Crippen LogP contribution in [-0.2, 0) is 0 Å². The highest BCUT2D eigenvalue weighted by molar-refractivity contribution is 5.83. The van der Waals surface area contributed by atoms with E-state index in [1.807, 2.05) is 13.0 Å². The van der Waals surface area contributed by atoms with Gasteiger partial charge in [-0.2, -0.15) is 10.4 Å². The Morgan fingerprint density at radius 3 is 2.51 bits per heavy atom. The van der Waals surface area contributed by atoms with Gasteiger partial charge in [0, 0.05) is 23.5 Å². The molecule has 0 saturated heterocycles. The Labute approximate surface area is 202 Å². The van der Waals surface area contributed by atoms with E-state index in [0.29, 0.717) is 5.69 Å². The number of hydrogen-bond donors (Lipinski definition) is 2. The minimum Gasteiger partial charge on any atom is -0.368 e. The van der Waals surface area contributed by atoms with Gasteiger partial charge in [-0.15, -0.1) is 0 Å². The minimum absolute atomic E-state index is 0.0340. The fourth-order valence-corrected chi connectivity index (χ4v) is 5.05. The number of nitrogens with one attached hydrogen (secondary N) is 1. The zero-order chi connectivity index (χ0) is 24.2. The molecule has 10 heteroatoms. The van der Waals surface area contributed by atoms with E-state index in [0.717, 1.165) is 52.5 Å². The van der Waals surface area contributed by atoms with Crippen molar-refractivity contribution in [1.29, 1.82) is 5.26 Å². The maximum Gasteiger partial charge on any atom is 0.219 e. The maximum absolute atomic E-state index is 9.62. The van der Waals surface area contributed by atoms with Crippen LogP contribution in [0.1, 0.15) is 49.6 Å². The standard InChI is InChI=1S/C25H24N10/c1-15-30-14-31-35(15)21-7-5-18(11-26)32-22(21)23-33-19-10-16(17-12-28-24(27)29-13-17)4-6-20(19)34(23)25(2)8-3-9-25/h4-7,10,12-14,23,33H,3,8-9H2,1-2H3,(H2,27,28,29). The highest BCUT2D eigenvalue weighted by Gasteiger charge is 2.47. The zero-order valence-electron chi connectivity index (χ0n) is 19.5. The third kappa shape index (κ3) is 3.35. The summed E-state index contributed by atoms with van der Waals surface area (Å²) >= 11 is 0. The Morgan fingerprint density at radius 1 is 1.09 bits per heavy atom. The first-order valence-electron chi connectivity index (χ1n) is 11.5. The van der Waals surface area contributed by atoms with Gasteiger partial charge < -0.3 is 16.0 Å². The van der Waals surface area contributed by atoms with Crippen molar-refractivity contribution in [3.63, 3.8) is 0 Å². The average Bonchev–Trinajstić information content (AvgIpc) is 3.45. The molecule has 0 radical (unpaired) electrons. The van der Waals surface area contributed by atoms with E-state index in [2.05, 4.69) is 61.5 Å². The van der Waals surface area contributed by atoms with Crippen LogP contribution in [0.3, 0.4) is 0 Å². The molecular weight excluding hydrogens is 440 g/mol. The van der Waals surface area contributed by atoms with E-state index in [9.17, 15) is 5.26 Å². The number of aryl methyl sites for hydroxylation is 1. The molecule has 2 aliphatic rings. The summed E-state index contributed by atoms with van der Waals surface area (Å²) in [5.41, 5.74) is 11.5. The van der Waals surface area contributed by atoms with E-state index in [1.165, 1.54) is 12.7 Å². The molecule has 1 aliphatic heterocycles. The van der Waals surface area contributed by atoms with Crippen LogP contribution < -0.4 is 16.0 Å². The van der Waals surface area contributed by atoms with Crippen molar-refractivity contribution >= 4 is 17.3 Å². The third-order valence-electron chi connectivity index (χ3n) is 7.05. The average molecular weight is 465 g/mol. The molecule has 4 aromatic rings. The van der Waals surface area contributed by atoms with Crippen LogP contribution in [0.2, 0.25) is 0 Å². The maximum atomic E-state index is 9.62. The zero-order valence-corrected chi connectivity index (χ0v) is 19.5. The van der Waals surface area contributed by atoms with Crippen molar-refractivity contribution < 1.29 is 0 Å². The molecule has 1 aliphatic carbocycles. The molecule has 174 valence electrons. The van der Waals surface area contributed by atoms with Crippen LogP contribution in [0.5, 0.6) is 0 Å². The van der Waals surface area contributed by atoms with E-state index in [-0.39, 0.29) is 17.7 Å². The summed E-state index contributed by atoms with van der Waals surface area (Å²) in [5, 5.41) is 17.7. The number of fused-ring (bicyclic) bond motifs is 1. The van der Waals surface area contributed by atoms with Gasteiger partial charge in [-0.25, -0.2) is 24.6 Å². The molecule has 6 rings (SSSR count). The second-order valence-electron chi connectivity index (χ2n) is 9.26. The quantitative estimate of drug-likeness (QED) is 0.463. The lowest BCUT2D eigenvalue weighted by Crippen LogP contribution is -2.53. The van der Waals surface area contributed by atoms with Gasteiger partial charge in [0.1, 0.15) is 35.8 Å². The van der Waals surface area contributed by atoms with E-state index >= 15 is 0 Å². The number of nitrogen functional groups attached to an aromatic ring is 1. The summed E-state index contributed by atoms with van der Waals surface area (Å²) < 4.78 is 1.77.